The summed E-state index contributed by atoms with van der Waals surface area (Å²) >= 11 is 5.76. The Bertz CT molecular complexity index is 455. The number of hydrogen-bond acceptors (Lipinski definition) is 4. The lowest BCUT2D eigenvalue weighted by Gasteiger charge is -2.14. The van der Waals surface area contributed by atoms with E-state index in [-0.39, 0.29) is 6.61 Å². The van der Waals surface area contributed by atoms with Crippen molar-refractivity contribution in [3.8, 4) is 5.75 Å². The van der Waals surface area contributed by atoms with Gasteiger partial charge in [-0.15, -0.1) is 0 Å². The van der Waals surface area contributed by atoms with Crippen molar-refractivity contribution in [2.45, 2.75) is 31.0 Å². The van der Waals surface area contributed by atoms with Crippen LogP contribution >= 0.6 is 11.6 Å². The van der Waals surface area contributed by atoms with E-state index < -0.39 is 17.7 Å². The summed E-state index contributed by atoms with van der Waals surface area (Å²) in [7, 11) is 0. The Labute approximate surface area is 122 Å². The van der Waals surface area contributed by atoms with E-state index in [4.69, 9.17) is 26.2 Å². The highest BCUT2D eigenvalue weighted by molar-refractivity contribution is 6.30. The number of hydrogen-bond donors (Lipinski definition) is 2. The predicted molar refractivity (Wildman–Crippen MR) is 73.1 cm³/mol. The van der Waals surface area contributed by atoms with Crippen molar-refractivity contribution >= 4 is 17.6 Å². The first kappa shape index (κ1) is 15.1. The first-order valence-electron chi connectivity index (χ1n) is 6.48. The quantitative estimate of drug-likeness (QED) is 0.568. The number of carbonyl (C=O) groups is 1. The summed E-state index contributed by atoms with van der Waals surface area (Å²) in [6, 6.07) is 7.08. The van der Waals surface area contributed by atoms with Gasteiger partial charge in [-0.3, -0.25) is 0 Å². The van der Waals surface area contributed by atoms with E-state index >= 15 is 0 Å². The number of halogens is 1. The summed E-state index contributed by atoms with van der Waals surface area (Å²) in [4.78, 5) is 10.9. The second-order valence-corrected chi connectivity index (χ2v) is 5.23. The van der Waals surface area contributed by atoms with Crippen LogP contribution in [0, 0.1) is 0 Å². The molecule has 20 heavy (non-hydrogen) atoms. The molecule has 1 heterocycles. The van der Waals surface area contributed by atoms with Crippen molar-refractivity contribution < 1.29 is 24.5 Å². The molecule has 0 spiro atoms. The van der Waals surface area contributed by atoms with E-state index in [0.717, 1.165) is 12.2 Å². The van der Waals surface area contributed by atoms with Crippen molar-refractivity contribution in [1.29, 1.82) is 0 Å². The number of aliphatic carboxylic acids is 1. The summed E-state index contributed by atoms with van der Waals surface area (Å²) in [6.45, 7) is 0.597. The lowest BCUT2D eigenvalue weighted by atomic mass is 9.99. The molecule has 0 aliphatic carbocycles. The van der Waals surface area contributed by atoms with E-state index in [1.54, 1.807) is 24.3 Å². The standard InChI is InChI=1S/C14H17ClO5/c15-10-4-6-11(7-5-10)19-8-2-1-3-12(16)14(9-20-14)13(17)18/h4-7,12,16H,1-3,8-9H2,(H,17,18). The van der Waals surface area contributed by atoms with Crippen LogP contribution in [0.2, 0.25) is 5.02 Å². The van der Waals surface area contributed by atoms with Gasteiger partial charge >= 0.3 is 5.97 Å². The van der Waals surface area contributed by atoms with Gasteiger partial charge in [0.2, 0.25) is 5.60 Å². The zero-order valence-corrected chi connectivity index (χ0v) is 11.7. The lowest BCUT2D eigenvalue weighted by Crippen LogP contribution is -2.38. The Morgan fingerprint density at radius 3 is 2.60 bits per heavy atom. The largest absolute Gasteiger partial charge is 0.494 e. The average Bonchev–Trinajstić information content (AvgIpc) is 3.22. The van der Waals surface area contributed by atoms with Crippen molar-refractivity contribution in [2.75, 3.05) is 13.2 Å². The molecule has 1 aromatic rings. The highest BCUT2D eigenvalue weighted by Gasteiger charge is 2.58. The second-order valence-electron chi connectivity index (χ2n) is 4.80. The molecule has 2 rings (SSSR count). The molecule has 0 aromatic heterocycles. The number of rotatable bonds is 8. The van der Waals surface area contributed by atoms with E-state index in [1.165, 1.54) is 0 Å². The summed E-state index contributed by atoms with van der Waals surface area (Å²) < 4.78 is 10.4. The van der Waals surface area contributed by atoms with Crippen molar-refractivity contribution in [1.82, 2.24) is 0 Å². The number of carboxylic acid groups (broad SMARTS) is 1. The zero-order chi connectivity index (χ0) is 14.6. The fourth-order valence-electron chi connectivity index (χ4n) is 1.93. The summed E-state index contributed by atoms with van der Waals surface area (Å²) in [5.74, 6) is -0.357. The van der Waals surface area contributed by atoms with E-state index in [0.29, 0.717) is 24.5 Å². The van der Waals surface area contributed by atoms with Gasteiger partial charge in [-0.2, -0.15) is 0 Å². The van der Waals surface area contributed by atoms with Crippen LogP contribution in [0.4, 0.5) is 0 Å². The molecule has 2 unspecified atom stereocenters. The molecule has 110 valence electrons. The molecule has 6 heteroatoms. The van der Waals surface area contributed by atoms with Gasteiger partial charge in [0.1, 0.15) is 5.75 Å². The minimum Gasteiger partial charge on any atom is -0.494 e. The van der Waals surface area contributed by atoms with Crippen molar-refractivity contribution in [2.24, 2.45) is 0 Å². The normalized spacial score (nSPS) is 22.3. The molecule has 0 amide bonds. The molecule has 0 radical (unpaired) electrons. The van der Waals surface area contributed by atoms with Crippen LogP contribution in [0.5, 0.6) is 5.75 Å². The third-order valence-corrected chi connectivity index (χ3v) is 3.56. The molecular formula is C14H17ClO5. The highest BCUT2D eigenvalue weighted by Crippen LogP contribution is 2.33. The number of aliphatic hydroxyl groups is 1. The van der Waals surface area contributed by atoms with E-state index in [9.17, 15) is 9.90 Å². The first-order valence-corrected chi connectivity index (χ1v) is 6.86. The number of benzene rings is 1. The number of epoxide rings is 1. The van der Waals surface area contributed by atoms with E-state index in [1.807, 2.05) is 0 Å². The zero-order valence-electron chi connectivity index (χ0n) is 10.9. The molecule has 1 fully saturated rings. The van der Waals surface area contributed by atoms with Crippen LogP contribution in [0.3, 0.4) is 0 Å². The Hall–Kier alpha value is -1.30. The number of aliphatic hydroxyl groups excluding tert-OH is 1. The molecule has 1 aromatic carbocycles. The van der Waals surface area contributed by atoms with Crippen LogP contribution < -0.4 is 4.74 Å². The third kappa shape index (κ3) is 3.62. The molecule has 5 nitrogen and oxygen atoms in total. The van der Waals surface area contributed by atoms with Gasteiger partial charge in [0.05, 0.1) is 19.3 Å². The molecule has 0 saturated carbocycles. The molecule has 2 atom stereocenters. The van der Waals surface area contributed by atoms with Gasteiger partial charge in [-0.05, 0) is 43.5 Å². The van der Waals surface area contributed by atoms with Gasteiger partial charge in [0.15, 0.2) is 0 Å². The van der Waals surface area contributed by atoms with Crippen LogP contribution in [0.1, 0.15) is 19.3 Å². The number of carboxylic acids is 1. The highest BCUT2D eigenvalue weighted by atomic mass is 35.5. The molecule has 1 aliphatic heterocycles. The fraction of sp³-hybridized carbons (Fsp3) is 0.500. The molecule has 0 bridgehead atoms. The third-order valence-electron chi connectivity index (χ3n) is 3.31. The van der Waals surface area contributed by atoms with E-state index in [2.05, 4.69) is 0 Å². The second kappa shape index (κ2) is 6.43. The van der Waals surface area contributed by atoms with Gasteiger partial charge in [0.25, 0.3) is 0 Å². The predicted octanol–water partition coefficient (Wildman–Crippen LogP) is 2.10. The average molecular weight is 301 g/mol. The Balaban J connectivity index is 1.62. The minimum absolute atomic E-state index is 0.0881. The van der Waals surface area contributed by atoms with Gasteiger partial charge in [-0.1, -0.05) is 11.6 Å². The molecule has 2 N–H and O–H groups in total. The van der Waals surface area contributed by atoms with Gasteiger partial charge in [0, 0.05) is 5.02 Å². The van der Waals surface area contributed by atoms with Gasteiger partial charge in [-0.25, -0.2) is 4.79 Å². The Morgan fingerprint density at radius 2 is 2.05 bits per heavy atom. The lowest BCUT2D eigenvalue weighted by molar-refractivity contribution is -0.148. The maximum absolute atomic E-state index is 10.9. The van der Waals surface area contributed by atoms with Crippen LogP contribution in [0.15, 0.2) is 24.3 Å². The number of ether oxygens (including phenoxy) is 2. The van der Waals surface area contributed by atoms with Crippen LogP contribution in [-0.4, -0.2) is 41.1 Å². The molecule has 1 aliphatic rings. The van der Waals surface area contributed by atoms with Gasteiger partial charge < -0.3 is 19.7 Å². The minimum atomic E-state index is -1.36. The maximum atomic E-state index is 10.9. The Morgan fingerprint density at radius 1 is 1.40 bits per heavy atom. The molecular weight excluding hydrogens is 284 g/mol. The van der Waals surface area contributed by atoms with Crippen LogP contribution in [0.25, 0.3) is 0 Å². The summed E-state index contributed by atoms with van der Waals surface area (Å²) in [5.41, 5.74) is -1.36. The SMILES string of the molecule is O=C(O)C1(C(O)CCCCOc2ccc(Cl)cc2)CO1. The van der Waals surface area contributed by atoms with Crippen LogP contribution in [-0.2, 0) is 9.53 Å². The topological polar surface area (TPSA) is 79.3 Å². The Kier molecular flexibility index (Phi) is 4.86. The fourth-order valence-corrected chi connectivity index (χ4v) is 2.06. The molecule has 1 saturated heterocycles. The smallest absolute Gasteiger partial charge is 0.341 e. The monoisotopic (exact) mass is 300 g/mol. The number of unbranched alkanes of at least 4 members (excludes halogenated alkanes) is 1. The summed E-state index contributed by atoms with van der Waals surface area (Å²) in [6.07, 6.45) is 0.828. The van der Waals surface area contributed by atoms with Crippen molar-refractivity contribution in [3.63, 3.8) is 0 Å². The van der Waals surface area contributed by atoms with Crippen molar-refractivity contribution in [3.05, 3.63) is 29.3 Å². The maximum Gasteiger partial charge on any atom is 0.341 e. The summed E-state index contributed by atoms with van der Waals surface area (Å²) in [5, 5.41) is 19.4. The first-order chi connectivity index (χ1) is 9.54.